The highest BCUT2D eigenvalue weighted by Gasteiger charge is 2.30. The van der Waals surface area contributed by atoms with Crippen molar-refractivity contribution in [2.45, 2.75) is 11.8 Å². The lowest BCUT2D eigenvalue weighted by molar-refractivity contribution is 0.159. The fraction of sp³-hybridized carbons (Fsp3) is 0.304. The first kappa shape index (κ1) is 21.2. The summed E-state index contributed by atoms with van der Waals surface area (Å²) < 4.78 is 33.8. The fourth-order valence-corrected chi connectivity index (χ4v) is 5.34. The van der Waals surface area contributed by atoms with Crippen LogP contribution in [0.4, 0.5) is 0 Å². The van der Waals surface area contributed by atoms with Gasteiger partial charge in [-0.2, -0.15) is 9.57 Å². The van der Waals surface area contributed by atoms with Gasteiger partial charge < -0.3 is 4.74 Å². The van der Waals surface area contributed by atoms with Crippen molar-refractivity contribution in [2.75, 3.05) is 39.3 Å². The summed E-state index contributed by atoms with van der Waals surface area (Å²) in [5.74, 6) is 0.574. The number of rotatable bonds is 6. The van der Waals surface area contributed by atoms with Gasteiger partial charge in [0.15, 0.2) is 0 Å². The average molecular weight is 437 g/mol. The number of fused-ring (bicyclic) bond motifs is 1. The van der Waals surface area contributed by atoms with E-state index < -0.39 is 10.0 Å². The number of pyridine rings is 1. The minimum atomic E-state index is -3.62. The molecular weight excluding hydrogens is 412 g/mol. The second kappa shape index (κ2) is 9.02. The number of sulfonamides is 1. The molecule has 0 radical (unpaired) electrons. The topological polar surface area (TPSA) is 86.5 Å². The van der Waals surface area contributed by atoms with Crippen LogP contribution < -0.4 is 4.74 Å². The van der Waals surface area contributed by atoms with Crippen molar-refractivity contribution in [3.05, 3.63) is 65.9 Å². The average Bonchev–Trinajstić information content (AvgIpc) is 2.79. The molecule has 0 spiro atoms. The number of nitriles is 1. The zero-order chi connectivity index (χ0) is 21.8. The number of hydrogen-bond acceptors (Lipinski definition) is 6. The van der Waals surface area contributed by atoms with Gasteiger partial charge in [0.2, 0.25) is 10.0 Å². The van der Waals surface area contributed by atoms with Crippen molar-refractivity contribution in [1.29, 1.82) is 5.26 Å². The molecule has 1 aliphatic heterocycles. The van der Waals surface area contributed by atoms with Crippen molar-refractivity contribution in [1.82, 2.24) is 14.2 Å². The highest BCUT2D eigenvalue weighted by atomic mass is 32.2. The number of hydrogen-bond donors (Lipinski definition) is 0. The van der Waals surface area contributed by atoms with Gasteiger partial charge in [-0.25, -0.2) is 8.42 Å². The molecule has 0 amide bonds. The summed E-state index contributed by atoms with van der Waals surface area (Å²) in [5.41, 5.74) is 2.02. The van der Waals surface area contributed by atoms with Crippen LogP contribution in [-0.4, -0.2) is 61.9 Å². The molecule has 31 heavy (non-hydrogen) atoms. The van der Waals surface area contributed by atoms with Crippen LogP contribution in [0, 0.1) is 18.3 Å². The van der Waals surface area contributed by atoms with Gasteiger partial charge in [-0.3, -0.25) is 9.88 Å². The summed E-state index contributed by atoms with van der Waals surface area (Å²) in [6.45, 7) is 5.13. The Kier molecular flexibility index (Phi) is 6.18. The van der Waals surface area contributed by atoms with Crippen molar-refractivity contribution in [3.63, 3.8) is 0 Å². The molecule has 1 aliphatic rings. The lowest BCUT2D eigenvalue weighted by Gasteiger charge is -2.34. The normalized spacial score (nSPS) is 15.6. The van der Waals surface area contributed by atoms with Crippen LogP contribution in [0.15, 0.2) is 59.6 Å². The zero-order valence-electron chi connectivity index (χ0n) is 17.4. The monoisotopic (exact) mass is 436 g/mol. The number of para-hydroxylation sites is 2. The summed E-state index contributed by atoms with van der Waals surface area (Å²) in [7, 11) is -3.62. The Hall–Kier alpha value is -2.99. The summed E-state index contributed by atoms with van der Waals surface area (Å²) >= 11 is 0. The number of ether oxygens (including phenoxy) is 1. The number of piperazine rings is 1. The van der Waals surface area contributed by atoms with Crippen molar-refractivity contribution < 1.29 is 13.2 Å². The molecule has 2 aromatic carbocycles. The highest BCUT2D eigenvalue weighted by molar-refractivity contribution is 7.89. The molecule has 0 saturated carbocycles. The lowest BCUT2D eigenvalue weighted by Crippen LogP contribution is -2.49. The van der Waals surface area contributed by atoms with Crippen LogP contribution in [0.3, 0.4) is 0 Å². The quantitative estimate of drug-likeness (QED) is 0.591. The number of benzene rings is 2. The van der Waals surface area contributed by atoms with E-state index in [0.29, 0.717) is 56.2 Å². The Bertz CT molecular complexity index is 1230. The molecular formula is C23H24N4O3S. The predicted molar refractivity (Wildman–Crippen MR) is 118 cm³/mol. The van der Waals surface area contributed by atoms with Gasteiger partial charge in [-0.1, -0.05) is 24.3 Å². The van der Waals surface area contributed by atoms with Gasteiger partial charge in [-0.05, 0) is 36.8 Å². The second-order valence-corrected chi connectivity index (χ2v) is 9.45. The first-order valence-corrected chi connectivity index (χ1v) is 11.6. The first-order valence-electron chi connectivity index (χ1n) is 10.2. The van der Waals surface area contributed by atoms with E-state index >= 15 is 0 Å². The lowest BCUT2D eigenvalue weighted by atomic mass is 10.2. The number of aryl methyl sites for hydroxylation is 1. The van der Waals surface area contributed by atoms with E-state index in [1.54, 1.807) is 36.5 Å². The smallest absolute Gasteiger partial charge is 0.245 e. The Morgan fingerprint density at radius 3 is 2.65 bits per heavy atom. The van der Waals surface area contributed by atoms with Crippen LogP contribution >= 0.6 is 0 Å². The van der Waals surface area contributed by atoms with Crippen LogP contribution in [0.25, 0.3) is 10.9 Å². The van der Waals surface area contributed by atoms with E-state index in [-0.39, 0.29) is 4.90 Å². The second-order valence-electron chi connectivity index (χ2n) is 7.54. The maximum absolute atomic E-state index is 13.3. The molecule has 0 N–H and O–H groups in total. The molecule has 8 heteroatoms. The third kappa shape index (κ3) is 4.54. The van der Waals surface area contributed by atoms with E-state index in [9.17, 15) is 8.42 Å². The molecule has 2 heterocycles. The number of aromatic nitrogens is 1. The minimum Gasteiger partial charge on any atom is -0.491 e. The molecule has 1 aromatic heterocycles. The van der Waals surface area contributed by atoms with E-state index in [1.807, 2.05) is 25.1 Å². The molecule has 1 fully saturated rings. The molecule has 0 aliphatic carbocycles. The van der Waals surface area contributed by atoms with Gasteiger partial charge in [0.1, 0.15) is 23.3 Å². The summed E-state index contributed by atoms with van der Waals surface area (Å²) in [6, 6.07) is 16.5. The van der Waals surface area contributed by atoms with E-state index in [4.69, 9.17) is 10.00 Å². The third-order valence-corrected chi connectivity index (χ3v) is 7.36. The molecule has 1 saturated heterocycles. The van der Waals surface area contributed by atoms with E-state index in [2.05, 4.69) is 16.0 Å². The Balaban J connectivity index is 1.38. The Labute approximate surface area is 182 Å². The van der Waals surface area contributed by atoms with Crippen molar-refractivity contribution in [3.8, 4) is 11.8 Å². The maximum atomic E-state index is 13.3. The fourth-order valence-electron chi connectivity index (χ4n) is 3.75. The van der Waals surface area contributed by atoms with Gasteiger partial charge in [-0.15, -0.1) is 0 Å². The zero-order valence-corrected chi connectivity index (χ0v) is 18.2. The SMILES string of the molecule is Cc1cnc2c(S(=O)(=O)N3CCN(CCOc4ccccc4C#N)CC3)cccc2c1. The van der Waals surface area contributed by atoms with Crippen LogP contribution in [0.2, 0.25) is 0 Å². The van der Waals surface area contributed by atoms with E-state index in [0.717, 1.165) is 10.9 Å². The maximum Gasteiger partial charge on any atom is 0.245 e. The highest BCUT2D eigenvalue weighted by Crippen LogP contribution is 2.25. The predicted octanol–water partition coefficient (Wildman–Crippen LogP) is 2.80. The molecule has 7 nitrogen and oxygen atoms in total. The summed E-state index contributed by atoms with van der Waals surface area (Å²) in [4.78, 5) is 6.82. The Morgan fingerprint density at radius 2 is 1.87 bits per heavy atom. The van der Waals surface area contributed by atoms with Gasteiger partial charge >= 0.3 is 0 Å². The third-order valence-electron chi connectivity index (χ3n) is 5.43. The summed E-state index contributed by atoms with van der Waals surface area (Å²) in [5, 5.41) is 9.97. The van der Waals surface area contributed by atoms with Crippen molar-refractivity contribution in [2.24, 2.45) is 0 Å². The van der Waals surface area contributed by atoms with Crippen LogP contribution in [-0.2, 0) is 10.0 Å². The van der Waals surface area contributed by atoms with Gasteiger partial charge in [0.25, 0.3) is 0 Å². The number of nitrogens with zero attached hydrogens (tertiary/aromatic N) is 4. The molecule has 3 aromatic rings. The first-order chi connectivity index (χ1) is 15.0. The van der Waals surface area contributed by atoms with Crippen LogP contribution in [0.5, 0.6) is 5.75 Å². The van der Waals surface area contributed by atoms with Crippen molar-refractivity contribution >= 4 is 20.9 Å². The summed E-state index contributed by atoms with van der Waals surface area (Å²) in [6.07, 6.45) is 1.70. The minimum absolute atomic E-state index is 0.259. The largest absolute Gasteiger partial charge is 0.491 e. The molecule has 0 unspecified atom stereocenters. The molecule has 0 atom stereocenters. The molecule has 4 rings (SSSR count). The Morgan fingerprint density at radius 1 is 1.10 bits per heavy atom. The van der Waals surface area contributed by atoms with Gasteiger partial charge in [0.05, 0.1) is 11.1 Å². The standard InChI is InChI=1S/C23H24N4O3S/c1-18-15-19-6-4-8-22(23(19)25-17-18)31(28,29)27-11-9-26(10-12-27)13-14-30-21-7-3-2-5-20(21)16-24/h2-8,15,17H,9-14H2,1H3. The molecule has 160 valence electrons. The van der Waals surface area contributed by atoms with Crippen LogP contribution in [0.1, 0.15) is 11.1 Å². The van der Waals surface area contributed by atoms with E-state index in [1.165, 1.54) is 4.31 Å². The van der Waals surface area contributed by atoms with Gasteiger partial charge in [0, 0.05) is 44.3 Å². The molecule has 0 bridgehead atoms.